The molecule has 0 N–H and O–H groups in total. The molecule has 0 amide bonds. The number of unbranched alkanes of at least 4 members (excludes halogenated alkanes) is 1. The van der Waals surface area contributed by atoms with Crippen molar-refractivity contribution < 1.29 is 51.2 Å². The Hall–Kier alpha value is -4.87. The van der Waals surface area contributed by atoms with Crippen LogP contribution >= 0.6 is 0 Å². The van der Waals surface area contributed by atoms with Crippen molar-refractivity contribution in [1.29, 1.82) is 0 Å². The summed E-state index contributed by atoms with van der Waals surface area (Å²) in [5, 5.41) is 0. The van der Waals surface area contributed by atoms with Crippen LogP contribution in [0.2, 0.25) is 0 Å². The minimum absolute atomic E-state index is 0.0675. The van der Waals surface area contributed by atoms with Crippen molar-refractivity contribution >= 4 is 11.9 Å². The zero-order valence-electron chi connectivity index (χ0n) is 26.3. The van der Waals surface area contributed by atoms with Crippen molar-refractivity contribution in [2.24, 2.45) is 0 Å². The van der Waals surface area contributed by atoms with E-state index in [0.29, 0.717) is 36.9 Å². The molecule has 1 aliphatic carbocycles. The van der Waals surface area contributed by atoms with E-state index < -0.39 is 29.5 Å². The maximum atomic E-state index is 13.0. The largest absolute Gasteiger partial charge is 0.573 e. The van der Waals surface area contributed by atoms with E-state index in [9.17, 15) is 22.8 Å². The normalized spacial score (nSPS) is 15.6. The first kappa shape index (κ1) is 33.0. The summed E-state index contributed by atoms with van der Waals surface area (Å²) in [5.41, 5.74) is 3.66. The summed E-state index contributed by atoms with van der Waals surface area (Å²) in [4.78, 5) is 25.7. The summed E-state index contributed by atoms with van der Waals surface area (Å²) in [7, 11) is 0. The molecule has 6 rings (SSSR count). The van der Waals surface area contributed by atoms with Crippen LogP contribution in [0.25, 0.3) is 11.1 Å². The molecule has 1 atom stereocenters. The maximum absolute atomic E-state index is 13.0. The number of carbonyl (C=O) groups excluding carboxylic acids is 2. The van der Waals surface area contributed by atoms with Gasteiger partial charge in [0.15, 0.2) is 0 Å². The third-order valence-electron chi connectivity index (χ3n) is 8.11. The highest BCUT2D eigenvalue weighted by Crippen LogP contribution is 2.50. The van der Waals surface area contributed by atoms with Crippen LogP contribution in [0.5, 0.6) is 23.0 Å². The zero-order chi connectivity index (χ0) is 33.9. The molecule has 48 heavy (non-hydrogen) atoms. The Bertz CT molecular complexity index is 1780. The van der Waals surface area contributed by atoms with Crippen molar-refractivity contribution in [3.8, 4) is 34.1 Å². The number of halogens is 3. The Labute approximate surface area is 275 Å². The molecule has 1 fully saturated rings. The number of rotatable bonds is 13. The van der Waals surface area contributed by atoms with Crippen LogP contribution in [0.4, 0.5) is 13.2 Å². The van der Waals surface area contributed by atoms with Gasteiger partial charge in [-0.25, -0.2) is 9.59 Å². The first-order chi connectivity index (χ1) is 23.0. The number of fused-ring (bicyclic) bond motifs is 3. The summed E-state index contributed by atoms with van der Waals surface area (Å²) in [6.07, 6.45) is -2.82. The molecule has 4 aromatic rings. The molecule has 11 heteroatoms. The number of hydrogen-bond donors (Lipinski definition) is 0. The van der Waals surface area contributed by atoms with Gasteiger partial charge in [-0.3, -0.25) is 0 Å². The number of epoxide rings is 1. The molecule has 1 heterocycles. The Morgan fingerprint density at radius 3 is 1.71 bits per heavy atom. The highest BCUT2D eigenvalue weighted by Gasteiger charge is 2.36. The van der Waals surface area contributed by atoms with E-state index >= 15 is 0 Å². The monoisotopic (exact) mass is 662 g/mol. The van der Waals surface area contributed by atoms with Gasteiger partial charge in [-0.1, -0.05) is 26.0 Å². The number of hydrogen-bond acceptors (Lipinski definition) is 8. The fourth-order valence-corrected chi connectivity index (χ4v) is 5.51. The standard InChI is InChI=1S/C37H33F3O8/c1-36(2)32-19-27(46-34(41)23-5-9-25(10-6-23)44-18-4-3-17-43-21-29-22-45-29)13-15-30(32)31-16-14-28(20-33(31)36)47-35(42)24-7-11-26(12-8-24)48-37(38,39)40/h5-16,19-20,29H,3-4,17-18,21-22H2,1-2H3. The summed E-state index contributed by atoms with van der Waals surface area (Å²) in [6.45, 7) is 6.68. The van der Waals surface area contributed by atoms with Gasteiger partial charge in [-0.05, 0) is 108 Å². The maximum Gasteiger partial charge on any atom is 0.573 e. The summed E-state index contributed by atoms with van der Waals surface area (Å²) in [6, 6.07) is 22.0. The van der Waals surface area contributed by atoms with Gasteiger partial charge in [-0.15, -0.1) is 13.2 Å². The summed E-state index contributed by atoms with van der Waals surface area (Å²) in [5.74, 6) is -0.333. The highest BCUT2D eigenvalue weighted by molar-refractivity contribution is 5.92. The van der Waals surface area contributed by atoms with Crippen molar-refractivity contribution in [2.75, 3.05) is 26.4 Å². The first-order valence-electron chi connectivity index (χ1n) is 15.5. The quantitative estimate of drug-likeness (QED) is 0.0618. The molecule has 1 aliphatic heterocycles. The fourth-order valence-electron chi connectivity index (χ4n) is 5.51. The van der Waals surface area contributed by atoms with Gasteiger partial charge >= 0.3 is 18.3 Å². The predicted octanol–water partition coefficient (Wildman–Crippen LogP) is 7.90. The van der Waals surface area contributed by atoms with Crippen molar-refractivity contribution in [3.63, 3.8) is 0 Å². The highest BCUT2D eigenvalue weighted by atomic mass is 19.4. The van der Waals surface area contributed by atoms with Gasteiger partial charge in [0.25, 0.3) is 0 Å². The van der Waals surface area contributed by atoms with E-state index in [2.05, 4.69) is 4.74 Å². The third kappa shape index (κ3) is 7.98. The van der Waals surface area contributed by atoms with Crippen molar-refractivity contribution in [3.05, 3.63) is 107 Å². The Kier molecular flexibility index (Phi) is 9.43. The first-order valence-corrected chi connectivity index (χ1v) is 15.5. The van der Waals surface area contributed by atoms with E-state index in [1.54, 1.807) is 42.5 Å². The molecular weight excluding hydrogens is 629 g/mol. The summed E-state index contributed by atoms with van der Waals surface area (Å²) >= 11 is 0. The molecule has 8 nitrogen and oxygen atoms in total. The third-order valence-corrected chi connectivity index (χ3v) is 8.11. The van der Waals surface area contributed by atoms with E-state index in [0.717, 1.165) is 53.8 Å². The van der Waals surface area contributed by atoms with Gasteiger partial charge in [0.05, 0.1) is 30.9 Å². The number of alkyl halides is 3. The molecule has 1 unspecified atom stereocenters. The molecule has 2 aliphatic rings. The van der Waals surface area contributed by atoms with Crippen molar-refractivity contribution in [1.82, 2.24) is 0 Å². The lowest BCUT2D eigenvalue weighted by Gasteiger charge is -2.22. The molecule has 0 bridgehead atoms. The zero-order valence-corrected chi connectivity index (χ0v) is 26.3. The molecule has 4 aromatic carbocycles. The smallest absolute Gasteiger partial charge is 0.494 e. The average molecular weight is 663 g/mol. The lowest BCUT2D eigenvalue weighted by atomic mass is 9.82. The fraction of sp³-hybridized carbons (Fsp3) is 0.297. The topological polar surface area (TPSA) is 92.8 Å². The van der Waals surface area contributed by atoms with E-state index in [1.165, 1.54) is 12.1 Å². The number of benzene rings is 4. The molecular formula is C37H33F3O8. The predicted molar refractivity (Wildman–Crippen MR) is 169 cm³/mol. The molecule has 250 valence electrons. The van der Waals surface area contributed by atoms with Gasteiger partial charge < -0.3 is 28.4 Å². The average Bonchev–Trinajstić information content (AvgIpc) is 3.85. The number of carbonyl (C=O) groups is 2. The van der Waals surface area contributed by atoms with E-state index in [4.69, 9.17) is 23.7 Å². The van der Waals surface area contributed by atoms with Crippen LogP contribution in [0.1, 0.15) is 58.5 Å². The van der Waals surface area contributed by atoms with Crippen LogP contribution < -0.4 is 18.9 Å². The molecule has 0 aromatic heterocycles. The van der Waals surface area contributed by atoms with Gasteiger partial charge in [0.1, 0.15) is 29.1 Å². The summed E-state index contributed by atoms with van der Waals surface area (Å²) < 4.78 is 68.9. The van der Waals surface area contributed by atoms with E-state index in [-0.39, 0.29) is 17.4 Å². The van der Waals surface area contributed by atoms with Crippen LogP contribution in [-0.4, -0.2) is 50.8 Å². The van der Waals surface area contributed by atoms with Crippen molar-refractivity contribution in [2.45, 2.75) is 44.6 Å². The lowest BCUT2D eigenvalue weighted by Crippen LogP contribution is -2.17. The molecule has 0 spiro atoms. The Balaban J connectivity index is 1.05. The van der Waals surface area contributed by atoms with Crippen LogP contribution in [0.3, 0.4) is 0 Å². The molecule has 0 radical (unpaired) electrons. The van der Waals surface area contributed by atoms with Crippen LogP contribution in [-0.2, 0) is 14.9 Å². The number of ether oxygens (including phenoxy) is 6. The number of esters is 2. The van der Waals surface area contributed by atoms with E-state index in [1.807, 2.05) is 32.0 Å². The second kappa shape index (κ2) is 13.7. The second-order valence-corrected chi connectivity index (χ2v) is 12.0. The lowest BCUT2D eigenvalue weighted by molar-refractivity contribution is -0.274. The minimum atomic E-state index is -4.83. The van der Waals surface area contributed by atoms with Crippen LogP contribution in [0.15, 0.2) is 84.9 Å². The van der Waals surface area contributed by atoms with Gasteiger partial charge in [-0.2, -0.15) is 0 Å². The van der Waals surface area contributed by atoms with Crippen LogP contribution in [0, 0.1) is 0 Å². The van der Waals surface area contributed by atoms with Gasteiger partial charge in [0.2, 0.25) is 0 Å². The molecule has 1 saturated heterocycles. The minimum Gasteiger partial charge on any atom is -0.494 e. The molecule has 0 saturated carbocycles. The van der Waals surface area contributed by atoms with Gasteiger partial charge in [0, 0.05) is 12.0 Å². The second-order valence-electron chi connectivity index (χ2n) is 12.0. The Morgan fingerprint density at radius 1 is 0.729 bits per heavy atom. The SMILES string of the molecule is CC1(C)c2cc(OC(=O)c3ccc(OCCCCOCC4CO4)cc3)ccc2-c2ccc(OC(=O)c3ccc(OC(F)(F)F)cc3)cc21. The Morgan fingerprint density at radius 2 is 1.21 bits per heavy atom.